The molecule has 0 bridgehead atoms. The van der Waals surface area contributed by atoms with Gasteiger partial charge in [-0.3, -0.25) is 9.36 Å². The van der Waals surface area contributed by atoms with Gasteiger partial charge in [-0.15, -0.1) is 0 Å². The van der Waals surface area contributed by atoms with E-state index in [1.165, 1.54) is 23.2 Å². The van der Waals surface area contributed by atoms with Crippen LogP contribution in [0.5, 0.6) is 0 Å². The molecule has 0 aromatic carbocycles. The zero-order valence-corrected chi connectivity index (χ0v) is 7.99. The molecular formula is C7H10N2O3S. The molecule has 1 aromatic rings. The first-order valence-corrected chi connectivity index (χ1v) is 5.73. The maximum Gasteiger partial charge on any atom is 0.253 e. The second-order valence-corrected chi connectivity index (χ2v) is 5.00. The fourth-order valence-electron chi connectivity index (χ4n) is 0.810. The van der Waals surface area contributed by atoms with E-state index in [2.05, 4.69) is 4.98 Å². The van der Waals surface area contributed by atoms with E-state index in [9.17, 15) is 13.2 Å². The average Bonchev–Trinajstić information content (AvgIpc) is 2.01. The van der Waals surface area contributed by atoms with Crippen molar-refractivity contribution in [2.24, 2.45) is 0 Å². The van der Waals surface area contributed by atoms with Crippen molar-refractivity contribution in [1.29, 1.82) is 0 Å². The highest BCUT2D eigenvalue weighted by Gasteiger charge is 2.02. The number of rotatable bonds is 3. The minimum atomic E-state index is -3.03. The van der Waals surface area contributed by atoms with Crippen molar-refractivity contribution in [3.05, 3.63) is 28.9 Å². The lowest BCUT2D eigenvalue weighted by atomic mass is 10.6. The first kappa shape index (κ1) is 9.91. The highest BCUT2D eigenvalue weighted by Crippen LogP contribution is 1.85. The van der Waals surface area contributed by atoms with Crippen LogP contribution < -0.4 is 5.56 Å². The lowest BCUT2D eigenvalue weighted by Gasteiger charge is -2.01. The van der Waals surface area contributed by atoms with Crippen LogP contribution in [-0.4, -0.2) is 30.0 Å². The van der Waals surface area contributed by atoms with Crippen LogP contribution in [0.3, 0.4) is 0 Å². The molecule has 5 nitrogen and oxygen atoms in total. The number of hydrogen-bond acceptors (Lipinski definition) is 4. The Labute approximate surface area is 76.0 Å². The Morgan fingerprint density at radius 2 is 2.23 bits per heavy atom. The van der Waals surface area contributed by atoms with Crippen molar-refractivity contribution in [1.82, 2.24) is 9.55 Å². The fourth-order valence-corrected chi connectivity index (χ4v) is 1.34. The number of hydrogen-bond donors (Lipinski definition) is 0. The van der Waals surface area contributed by atoms with Crippen LogP contribution in [0.1, 0.15) is 0 Å². The Morgan fingerprint density at radius 3 is 2.77 bits per heavy atom. The van der Waals surface area contributed by atoms with Gasteiger partial charge in [-0.1, -0.05) is 0 Å². The number of aromatic nitrogens is 2. The molecule has 1 heterocycles. The first-order chi connectivity index (χ1) is 5.99. The molecule has 0 radical (unpaired) electrons. The first-order valence-electron chi connectivity index (χ1n) is 3.67. The molecule has 1 rings (SSSR count). The topological polar surface area (TPSA) is 69.0 Å². The maximum atomic E-state index is 11.1. The van der Waals surface area contributed by atoms with Gasteiger partial charge in [0.25, 0.3) is 5.56 Å². The molecule has 0 spiro atoms. The van der Waals surface area contributed by atoms with Crippen molar-refractivity contribution in [2.75, 3.05) is 12.0 Å². The van der Waals surface area contributed by atoms with Crippen molar-refractivity contribution in [3.63, 3.8) is 0 Å². The third kappa shape index (κ3) is 3.37. The van der Waals surface area contributed by atoms with Gasteiger partial charge in [0.2, 0.25) is 0 Å². The summed E-state index contributed by atoms with van der Waals surface area (Å²) in [6, 6.07) is 1.29. The lowest BCUT2D eigenvalue weighted by Crippen LogP contribution is -2.22. The lowest BCUT2D eigenvalue weighted by molar-refractivity contribution is 0.592. The zero-order valence-electron chi connectivity index (χ0n) is 7.17. The molecule has 0 aliphatic rings. The van der Waals surface area contributed by atoms with E-state index >= 15 is 0 Å². The van der Waals surface area contributed by atoms with Gasteiger partial charge in [0.05, 0.1) is 12.1 Å². The van der Waals surface area contributed by atoms with E-state index in [1.807, 2.05) is 0 Å². The number of nitrogens with zero attached hydrogens (tertiary/aromatic N) is 2. The summed E-state index contributed by atoms with van der Waals surface area (Å²) in [7, 11) is -3.03. The summed E-state index contributed by atoms with van der Waals surface area (Å²) < 4.78 is 22.8. The van der Waals surface area contributed by atoms with E-state index in [0.717, 1.165) is 6.26 Å². The molecule has 1 aromatic heterocycles. The Hall–Kier alpha value is -1.17. The predicted octanol–water partition coefficient (Wildman–Crippen LogP) is -0.712. The maximum absolute atomic E-state index is 11.1. The molecule has 0 saturated carbocycles. The summed E-state index contributed by atoms with van der Waals surface area (Å²) in [4.78, 5) is 14.8. The van der Waals surface area contributed by atoms with Crippen LogP contribution in [0.2, 0.25) is 0 Å². The molecule has 72 valence electrons. The van der Waals surface area contributed by atoms with Gasteiger partial charge >= 0.3 is 0 Å². The Kier molecular flexibility index (Phi) is 2.82. The molecule has 0 saturated heterocycles. The highest BCUT2D eigenvalue weighted by molar-refractivity contribution is 7.90. The second kappa shape index (κ2) is 3.69. The summed E-state index contributed by atoms with van der Waals surface area (Å²) in [6.07, 6.45) is 3.83. The van der Waals surface area contributed by atoms with Crippen LogP contribution in [0, 0.1) is 0 Å². The summed E-state index contributed by atoms with van der Waals surface area (Å²) in [5, 5.41) is 0. The Bertz CT molecular complexity index is 435. The van der Waals surface area contributed by atoms with Gasteiger partial charge in [-0.2, -0.15) is 0 Å². The molecule has 0 amide bonds. The average molecular weight is 202 g/mol. The quantitative estimate of drug-likeness (QED) is 0.649. The van der Waals surface area contributed by atoms with Gasteiger partial charge < -0.3 is 0 Å². The highest BCUT2D eigenvalue weighted by atomic mass is 32.2. The van der Waals surface area contributed by atoms with Crippen LogP contribution in [0.25, 0.3) is 0 Å². The molecule has 0 aliphatic heterocycles. The smallest absolute Gasteiger partial charge is 0.253 e. The Morgan fingerprint density at radius 1 is 1.54 bits per heavy atom. The van der Waals surface area contributed by atoms with Crippen molar-refractivity contribution in [3.8, 4) is 0 Å². The van der Waals surface area contributed by atoms with E-state index in [1.54, 1.807) is 0 Å². The molecule has 0 atom stereocenters. The molecule has 13 heavy (non-hydrogen) atoms. The fraction of sp³-hybridized carbons (Fsp3) is 0.429. The second-order valence-electron chi connectivity index (χ2n) is 2.74. The number of sulfone groups is 1. The largest absolute Gasteiger partial charge is 0.298 e. The summed E-state index contributed by atoms with van der Waals surface area (Å²) in [6.45, 7) is 0.158. The van der Waals surface area contributed by atoms with Crippen molar-refractivity contribution >= 4 is 9.84 Å². The predicted molar refractivity (Wildman–Crippen MR) is 48.2 cm³/mol. The number of aryl methyl sites for hydroxylation is 1. The van der Waals surface area contributed by atoms with E-state index in [0.29, 0.717) is 0 Å². The van der Waals surface area contributed by atoms with Gasteiger partial charge in [-0.05, 0) is 0 Å². The molecule has 0 unspecified atom stereocenters. The zero-order chi connectivity index (χ0) is 9.90. The molecule has 0 aliphatic carbocycles. The monoisotopic (exact) mass is 202 g/mol. The molecule has 6 heteroatoms. The van der Waals surface area contributed by atoms with E-state index < -0.39 is 9.84 Å². The summed E-state index contributed by atoms with van der Waals surface area (Å²) in [5.41, 5.74) is -0.237. The third-order valence-electron chi connectivity index (χ3n) is 1.50. The van der Waals surface area contributed by atoms with Crippen LogP contribution in [0.4, 0.5) is 0 Å². The standard InChI is InChI=1S/C7H10N2O3S/c1-13(11,12)5-4-9-6-8-3-2-7(9)10/h2-3,6H,4-5H2,1H3. The SMILES string of the molecule is CS(=O)(=O)CCn1cnccc1=O. The summed E-state index contributed by atoms with van der Waals surface area (Å²) in [5.74, 6) is -0.0431. The van der Waals surface area contributed by atoms with E-state index in [-0.39, 0.29) is 17.9 Å². The van der Waals surface area contributed by atoms with Gasteiger partial charge in [0, 0.05) is 25.1 Å². The molecule has 0 fully saturated rings. The van der Waals surface area contributed by atoms with Crippen LogP contribution >= 0.6 is 0 Å². The normalized spacial score (nSPS) is 11.5. The minimum Gasteiger partial charge on any atom is -0.298 e. The molecular weight excluding hydrogens is 192 g/mol. The minimum absolute atomic E-state index is 0.0431. The van der Waals surface area contributed by atoms with Crippen molar-refractivity contribution < 1.29 is 8.42 Å². The van der Waals surface area contributed by atoms with Crippen molar-refractivity contribution in [2.45, 2.75) is 6.54 Å². The van der Waals surface area contributed by atoms with Crippen LogP contribution in [0.15, 0.2) is 23.4 Å². The molecule has 0 N–H and O–H groups in total. The van der Waals surface area contributed by atoms with Gasteiger partial charge in [0.15, 0.2) is 0 Å². The van der Waals surface area contributed by atoms with Gasteiger partial charge in [0.1, 0.15) is 9.84 Å². The van der Waals surface area contributed by atoms with E-state index in [4.69, 9.17) is 0 Å². The Balaban J connectivity index is 2.77. The summed E-state index contributed by atoms with van der Waals surface area (Å²) >= 11 is 0. The third-order valence-corrected chi connectivity index (χ3v) is 2.42. The van der Waals surface area contributed by atoms with Gasteiger partial charge in [-0.25, -0.2) is 13.4 Å². The van der Waals surface area contributed by atoms with Crippen LogP contribution in [-0.2, 0) is 16.4 Å².